The Morgan fingerprint density at radius 1 is 1.41 bits per heavy atom. The maximum atomic E-state index is 8.89. The molecule has 3 heteroatoms. The van der Waals surface area contributed by atoms with E-state index >= 15 is 0 Å². The Bertz CT molecular complexity index is 498. The Hall–Kier alpha value is -1.66. The van der Waals surface area contributed by atoms with E-state index in [0.29, 0.717) is 5.56 Å². The van der Waals surface area contributed by atoms with Crippen molar-refractivity contribution in [3.05, 3.63) is 35.7 Å². The van der Waals surface area contributed by atoms with Crippen LogP contribution in [0, 0.1) is 23.2 Å². The van der Waals surface area contributed by atoms with Crippen molar-refractivity contribution in [3.63, 3.8) is 0 Å². The third kappa shape index (κ3) is 1.96. The third-order valence-electron chi connectivity index (χ3n) is 3.80. The lowest BCUT2D eigenvalue weighted by Crippen LogP contribution is -2.33. The molecule has 1 fully saturated rings. The van der Waals surface area contributed by atoms with Crippen LogP contribution in [0.5, 0.6) is 0 Å². The molecule has 1 aliphatic heterocycles. The van der Waals surface area contributed by atoms with E-state index < -0.39 is 0 Å². The number of nitriles is 1. The Morgan fingerprint density at radius 2 is 2.35 bits per heavy atom. The zero-order valence-electron chi connectivity index (χ0n) is 9.69. The summed E-state index contributed by atoms with van der Waals surface area (Å²) in [5, 5.41) is 12.3. The molecule has 2 aliphatic rings. The highest BCUT2D eigenvalue weighted by Crippen LogP contribution is 2.38. The second-order valence-corrected chi connectivity index (χ2v) is 4.89. The van der Waals surface area contributed by atoms with Crippen molar-refractivity contribution in [1.29, 1.82) is 5.26 Å². The molecule has 3 rings (SSSR count). The van der Waals surface area contributed by atoms with Crippen molar-refractivity contribution in [3.8, 4) is 6.07 Å². The molecule has 17 heavy (non-hydrogen) atoms. The molecule has 0 amide bonds. The maximum absolute atomic E-state index is 8.89. The van der Waals surface area contributed by atoms with Crippen LogP contribution in [-0.2, 0) is 0 Å². The van der Waals surface area contributed by atoms with Crippen molar-refractivity contribution < 1.29 is 0 Å². The van der Waals surface area contributed by atoms with Crippen LogP contribution in [-0.4, -0.2) is 18.1 Å². The largest absolute Gasteiger partial charge is 0.316 e. The lowest BCUT2D eigenvalue weighted by Gasteiger charge is -2.25. The van der Waals surface area contributed by atoms with Crippen LogP contribution >= 0.6 is 0 Å². The van der Waals surface area contributed by atoms with Gasteiger partial charge in [0.1, 0.15) is 6.07 Å². The van der Waals surface area contributed by atoms with Crippen molar-refractivity contribution >= 4 is 5.57 Å². The molecule has 86 valence electrons. The van der Waals surface area contributed by atoms with Crippen molar-refractivity contribution in [1.82, 2.24) is 10.3 Å². The molecule has 1 aromatic rings. The van der Waals surface area contributed by atoms with E-state index in [0.717, 1.165) is 36.9 Å². The van der Waals surface area contributed by atoms with E-state index in [1.165, 1.54) is 12.0 Å². The van der Waals surface area contributed by atoms with Gasteiger partial charge >= 0.3 is 0 Å². The molecule has 0 unspecified atom stereocenters. The topological polar surface area (TPSA) is 48.7 Å². The van der Waals surface area contributed by atoms with E-state index in [1.807, 2.05) is 12.3 Å². The van der Waals surface area contributed by atoms with Crippen LogP contribution in [0.25, 0.3) is 5.57 Å². The molecule has 2 heterocycles. The number of nitrogens with zero attached hydrogens (tertiary/aromatic N) is 2. The first-order valence-electron chi connectivity index (χ1n) is 6.14. The predicted molar refractivity (Wildman–Crippen MR) is 66.0 cm³/mol. The van der Waals surface area contributed by atoms with Gasteiger partial charge in [-0.2, -0.15) is 5.26 Å². The van der Waals surface area contributed by atoms with E-state index in [2.05, 4.69) is 22.4 Å². The highest BCUT2D eigenvalue weighted by molar-refractivity contribution is 5.68. The Balaban J connectivity index is 1.87. The molecule has 2 atom stereocenters. The van der Waals surface area contributed by atoms with Gasteiger partial charge in [0.2, 0.25) is 0 Å². The van der Waals surface area contributed by atoms with Crippen LogP contribution in [0.3, 0.4) is 0 Å². The molecule has 1 N–H and O–H groups in total. The summed E-state index contributed by atoms with van der Waals surface area (Å²) in [7, 11) is 0. The Morgan fingerprint density at radius 3 is 3.18 bits per heavy atom. The molecular formula is C14H15N3. The first kappa shape index (κ1) is 10.5. The van der Waals surface area contributed by atoms with Gasteiger partial charge in [-0.3, -0.25) is 4.98 Å². The second-order valence-electron chi connectivity index (χ2n) is 4.89. The summed E-state index contributed by atoms with van der Waals surface area (Å²) in [6, 6.07) is 4.10. The van der Waals surface area contributed by atoms with E-state index in [-0.39, 0.29) is 0 Å². The molecule has 3 nitrogen and oxygen atoms in total. The number of fused-ring (bicyclic) bond motifs is 1. The van der Waals surface area contributed by atoms with Gasteiger partial charge in [0.15, 0.2) is 0 Å². The number of hydrogen-bond donors (Lipinski definition) is 1. The number of aromatic nitrogens is 1. The van der Waals surface area contributed by atoms with Gasteiger partial charge < -0.3 is 5.32 Å². The van der Waals surface area contributed by atoms with Crippen LogP contribution in [0.15, 0.2) is 24.5 Å². The molecule has 0 spiro atoms. The molecule has 0 bridgehead atoms. The van der Waals surface area contributed by atoms with Gasteiger partial charge in [-0.1, -0.05) is 6.08 Å². The first-order valence-corrected chi connectivity index (χ1v) is 6.14. The third-order valence-corrected chi connectivity index (χ3v) is 3.80. The lowest BCUT2D eigenvalue weighted by molar-refractivity contribution is 0.324. The minimum Gasteiger partial charge on any atom is -0.316 e. The number of hydrogen-bond acceptors (Lipinski definition) is 3. The van der Waals surface area contributed by atoms with Gasteiger partial charge in [0.25, 0.3) is 0 Å². The summed E-state index contributed by atoms with van der Waals surface area (Å²) >= 11 is 0. The van der Waals surface area contributed by atoms with Gasteiger partial charge in [-0.05, 0) is 55.0 Å². The quantitative estimate of drug-likeness (QED) is 0.795. The molecule has 1 aliphatic carbocycles. The minimum atomic E-state index is 0.649. The van der Waals surface area contributed by atoms with Crippen molar-refractivity contribution in [2.45, 2.75) is 12.8 Å². The summed E-state index contributed by atoms with van der Waals surface area (Å²) < 4.78 is 0. The molecule has 0 radical (unpaired) electrons. The molecule has 0 saturated carbocycles. The van der Waals surface area contributed by atoms with Crippen LogP contribution in [0.1, 0.15) is 24.0 Å². The average Bonchev–Trinajstić information content (AvgIpc) is 2.82. The fourth-order valence-corrected chi connectivity index (χ4v) is 2.89. The predicted octanol–water partition coefficient (Wildman–Crippen LogP) is 1.97. The van der Waals surface area contributed by atoms with E-state index in [1.54, 1.807) is 6.20 Å². The molecule has 0 aromatic carbocycles. The highest BCUT2D eigenvalue weighted by atomic mass is 14.9. The SMILES string of the molecule is N#Cc1cncc(C2=C[C@H]3CCNC[C@H]3C2)c1. The van der Waals surface area contributed by atoms with Crippen molar-refractivity contribution in [2.75, 3.05) is 13.1 Å². The molecular weight excluding hydrogens is 210 g/mol. The van der Waals surface area contributed by atoms with Gasteiger partial charge in [-0.15, -0.1) is 0 Å². The fraction of sp³-hybridized carbons (Fsp3) is 0.429. The minimum absolute atomic E-state index is 0.649. The normalized spacial score (nSPS) is 27.1. The van der Waals surface area contributed by atoms with E-state index in [9.17, 15) is 0 Å². The number of piperidine rings is 1. The summed E-state index contributed by atoms with van der Waals surface area (Å²) in [6.45, 7) is 2.25. The Kier molecular flexibility index (Phi) is 2.66. The van der Waals surface area contributed by atoms with Gasteiger partial charge in [0, 0.05) is 12.4 Å². The highest BCUT2D eigenvalue weighted by Gasteiger charge is 2.30. The fourth-order valence-electron chi connectivity index (χ4n) is 2.89. The van der Waals surface area contributed by atoms with E-state index in [4.69, 9.17) is 5.26 Å². The summed E-state index contributed by atoms with van der Waals surface area (Å²) in [5.41, 5.74) is 3.14. The smallest absolute Gasteiger partial charge is 0.101 e. The van der Waals surface area contributed by atoms with Crippen LogP contribution in [0.2, 0.25) is 0 Å². The number of nitrogens with one attached hydrogen (secondary N) is 1. The summed E-state index contributed by atoms with van der Waals surface area (Å²) in [4.78, 5) is 4.14. The standard InChI is InChI=1S/C14H15N3/c15-6-10-3-13(9-17-7-10)12-4-11-1-2-16-8-14(11)5-12/h3-4,7,9,11,14,16H,1-2,5,8H2/t11-,14-/m1/s1. The Labute approximate surface area is 101 Å². The second kappa shape index (κ2) is 4.31. The van der Waals surface area contributed by atoms with Crippen molar-refractivity contribution in [2.24, 2.45) is 11.8 Å². The zero-order chi connectivity index (χ0) is 11.7. The summed E-state index contributed by atoms with van der Waals surface area (Å²) in [6.07, 6.45) is 8.24. The zero-order valence-corrected chi connectivity index (χ0v) is 9.69. The monoisotopic (exact) mass is 225 g/mol. The maximum Gasteiger partial charge on any atom is 0.101 e. The number of pyridine rings is 1. The number of allylic oxidation sites excluding steroid dienone is 2. The van der Waals surface area contributed by atoms with Crippen LogP contribution in [0.4, 0.5) is 0 Å². The van der Waals surface area contributed by atoms with Gasteiger partial charge in [-0.25, -0.2) is 0 Å². The number of rotatable bonds is 1. The van der Waals surface area contributed by atoms with Gasteiger partial charge in [0.05, 0.1) is 5.56 Å². The lowest BCUT2D eigenvalue weighted by atomic mass is 9.89. The summed E-state index contributed by atoms with van der Waals surface area (Å²) in [5.74, 6) is 1.46. The molecule has 1 saturated heterocycles. The average molecular weight is 225 g/mol. The molecule has 1 aromatic heterocycles. The first-order chi connectivity index (χ1) is 8.36. The van der Waals surface area contributed by atoms with Crippen LogP contribution < -0.4 is 5.32 Å².